The second-order valence-electron chi connectivity index (χ2n) is 15.6. The molecular weight excluding hydrogens is 512 g/mol. The minimum Gasteiger partial charge on any atom is -0.392 e. The Bertz CT molecular complexity index is 688. The van der Waals surface area contributed by atoms with Crippen molar-refractivity contribution in [3.63, 3.8) is 0 Å². The predicted octanol–water partition coefficient (Wildman–Crippen LogP) is 12.5. The Morgan fingerprint density at radius 1 is 0.524 bits per heavy atom. The zero-order valence-corrected chi connectivity index (χ0v) is 30.4. The first-order valence-electron chi connectivity index (χ1n) is 18.5. The van der Waals surface area contributed by atoms with Gasteiger partial charge in [-0.05, 0) is 92.6 Å². The van der Waals surface area contributed by atoms with E-state index in [1.54, 1.807) is 0 Å². The van der Waals surface area contributed by atoms with Gasteiger partial charge in [0.05, 0.1) is 12.7 Å². The van der Waals surface area contributed by atoms with Crippen LogP contribution < -0.4 is 0 Å². The van der Waals surface area contributed by atoms with Gasteiger partial charge in [-0.1, -0.05) is 151 Å². The Kier molecular flexibility index (Phi) is 25.3. The molecule has 0 spiro atoms. The van der Waals surface area contributed by atoms with Gasteiger partial charge < -0.3 is 10.2 Å². The van der Waals surface area contributed by atoms with Gasteiger partial charge in [0, 0.05) is 0 Å². The van der Waals surface area contributed by atoms with Gasteiger partial charge in [0.2, 0.25) is 0 Å². The first-order valence-corrected chi connectivity index (χ1v) is 18.5. The van der Waals surface area contributed by atoms with Gasteiger partial charge in [-0.2, -0.15) is 0 Å². The Balaban J connectivity index is 4.29. The standard InChI is InChI=1S/C40H78O2/c1-31(2)16-11-18-33(5)20-13-21-35(7)24-15-25-37(9)39(30-41)28-27-38(10)40(42)29-26-36(8)23-14-22-34(6)19-12-17-32(3)4/h27,31-36,40-42H,11-26,28-30H2,1-10H3/b38-27+,39-37+/t33-,34-,35-,36-,40?/m1/s1. The van der Waals surface area contributed by atoms with Crippen LogP contribution in [0, 0.1) is 35.5 Å². The molecule has 0 radical (unpaired) electrons. The third-order valence-corrected chi connectivity index (χ3v) is 9.92. The molecular formula is C40H78O2. The first kappa shape index (κ1) is 41.4. The van der Waals surface area contributed by atoms with E-state index in [9.17, 15) is 10.2 Å². The molecule has 0 aliphatic heterocycles. The molecule has 0 heterocycles. The molecule has 0 rings (SSSR count). The summed E-state index contributed by atoms with van der Waals surface area (Å²) in [5.41, 5.74) is 3.54. The molecule has 0 amide bonds. The Morgan fingerprint density at radius 2 is 0.905 bits per heavy atom. The molecule has 0 aliphatic rings. The van der Waals surface area contributed by atoms with Gasteiger partial charge >= 0.3 is 0 Å². The van der Waals surface area contributed by atoms with Crippen LogP contribution >= 0.6 is 0 Å². The summed E-state index contributed by atoms with van der Waals surface area (Å²) in [4.78, 5) is 0. The fourth-order valence-corrected chi connectivity index (χ4v) is 6.31. The van der Waals surface area contributed by atoms with Crippen LogP contribution in [0.3, 0.4) is 0 Å². The molecule has 5 atom stereocenters. The van der Waals surface area contributed by atoms with Crippen molar-refractivity contribution in [2.45, 2.75) is 191 Å². The molecule has 2 nitrogen and oxygen atoms in total. The molecule has 0 aliphatic carbocycles. The first-order chi connectivity index (χ1) is 19.8. The lowest BCUT2D eigenvalue weighted by Gasteiger charge is -2.17. The summed E-state index contributed by atoms with van der Waals surface area (Å²) in [7, 11) is 0. The number of hydrogen-bond acceptors (Lipinski definition) is 2. The number of aliphatic hydroxyl groups is 2. The van der Waals surface area contributed by atoms with E-state index in [-0.39, 0.29) is 12.7 Å². The second kappa shape index (κ2) is 25.7. The summed E-state index contributed by atoms with van der Waals surface area (Å²) in [5.74, 6) is 4.84. The fourth-order valence-electron chi connectivity index (χ4n) is 6.31. The minimum atomic E-state index is -0.360. The highest BCUT2D eigenvalue weighted by molar-refractivity contribution is 5.18. The molecule has 2 heteroatoms. The molecule has 0 bridgehead atoms. The fraction of sp³-hybridized carbons (Fsp3) is 0.900. The molecule has 250 valence electrons. The van der Waals surface area contributed by atoms with Gasteiger partial charge in [-0.25, -0.2) is 0 Å². The SMILES string of the molecule is C/C(=C\C/C(CO)=C(/C)CCC[C@H](C)CCC[C@H](C)CCCC(C)C)C(O)CC[C@H](C)CCC[C@H](C)CCCC(C)C. The maximum absolute atomic E-state index is 10.8. The Morgan fingerprint density at radius 3 is 1.31 bits per heavy atom. The largest absolute Gasteiger partial charge is 0.392 e. The van der Waals surface area contributed by atoms with E-state index in [1.807, 2.05) is 0 Å². The zero-order valence-electron chi connectivity index (χ0n) is 30.4. The molecule has 0 aromatic carbocycles. The second-order valence-corrected chi connectivity index (χ2v) is 15.6. The van der Waals surface area contributed by atoms with E-state index in [4.69, 9.17) is 0 Å². The lowest BCUT2D eigenvalue weighted by atomic mass is 9.90. The lowest BCUT2D eigenvalue weighted by Crippen LogP contribution is -2.11. The Labute approximate surface area is 265 Å². The van der Waals surface area contributed by atoms with Crippen LogP contribution in [0.4, 0.5) is 0 Å². The van der Waals surface area contributed by atoms with Crippen molar-refractivity contribution in [2.24, 2.45) is 35.5 Å². The molecule has 0 saturated carbocycles. The van der Waals surface area contributed by atoms with Crippen molar-refractivity contribution in [1.82, 2.24) is 0 Å². The molecule has 2 N–H and O–H groups in total. The Hall–Kier alpha value is -0.600. The van der Waals surface area contributed by atoms with Gasteiger partial charge in [0.25, 0.3) is 0 Å². The maximum atomic E-state index is 10.8. The molecule has 1 unspecified atom stereocenters. The van der Waals surface area contributed by atoms with Crippen LogP contribution in [0.5, 0.6) is 0 Å². The van der Waals surface area contributed by atoms with E-state index in [1.165, 1.54) is 95.5 Å². The van der Waals surface area contributed by atoms with E-state index in [0.717, 1.165) is 66.4 Å². The number of allylic oxidation sites excluding steroid dienone is 2. The number of rotatable bonds is 27. The van der Waals surface area contributed by atoms with Gasteiger partial charge in [-0.3, -0.25) is 0 Å². The van der Waals surface area contributed by atoms with Crippen LogP contribution in [0.1, 0.15) is 185 Å². The van der Waals surface area contributed by atoms with Crippen LogP contribution in [-0.4, -0.2) is 22.9 Å². The summed E-state index contributed by atoms with van der Waals surface area (Å²) >= 11 is 0. The van der Waals surface area contributed by atoms with Crippen molar-refractivity contribution in [1.29, 1.82) is 0 Å². The number of aliphatic hydroxyl groups excluding tert-OH is 2. The zero-order chi connectivity index (χ0) is 31.9. The van der Waals surface area contributed by atoms with Crippen molar-refractivity contribution >= 4 is 0 Å². The van der Waals surface area contributed by atoms with Crippen LogP contribution in [-0.2, 0) is 0 Å². The summed E-state index contributed by atoms with van der Waals surface area (Å²) < 4.78 is 0. The third kappa shape index (κ3) is 23.8. The number of hydrogen-bond donors (Lipinski definition) is 2. The monoisotopic (exact) mass is 591 g/mol. The van der Waals surface area contributed by atoms with Gasteiger partial charge in [0.1, 0.15) is 0 Å². The summed E-state index contributed by atoms with van der Waals surface area (Å²) in [6, 6.07) is 0. The van der Waals surface area contributed by atoms with Gasteiger partial charge in [-0.15, -0.1) is 0 Å². The highest BCUT2D eigenvalue weighted by atomic mass is 16.3. The highest BCUT2D eigenvalue weighted by Gasteiger charge is 2.12. The van der Waals surface area contributed by atoms with E-state index < -0.39 is 0 Å². The molecule has 0 aromatic heterocycles. The van der Waals surface area contributed by atoms with Gasteiger partial charge in [0.15, 0.2) is 0 Å². The van der Waals surface area contributed by atoms with E-state index in [2.05, 4.69) is 75.3 Å². The smallest absolute Gasteiger partial charge is 0.0747 e. The predicted molar refractivity (Wildman–Crippen MR) is 189 cm³/mol. The summed E-state index contributed by atoms with van der Waals surface area (Å²) in [6.07, 6.45) is 24.3. The molecule has 0 fully saturated rings. The van der Waals surface area contributed by atoms with Crippen LogP contribution in [0.25, 0.3) is 0 Å². The van der Waals surface area contributed by atoms with Crippen molar-refractivity contribution < 1.29 is 10.2 Å². The van der Waals surface area contributed by atoms with Crippen molar-refractivity contribution in [3.05, 3.63) is 22.8 Å². The molecule has 0 saturated heterocycles. The van der Waals surface area contributed by atoms with E-state index in [0.29, 0.717) is 5.92 Å². The molecule has 0 aromatic rings. The quantitative estimate of drug-likeness (QED) is 0.0934. The highest BCUT2D eigenvalue weighted by Crippen LogP contribution is 2.25. The van der Waals surface area contributed by atoms with Crippen LogP contribution in [0.2, 0.25) is 0 Å². The summed E-state index contributed by atoms with van der Waals surface area (Å²) in [6.45, 7) is 23.3. The topological polar surface area (TPSA) is 40.5 Å². The van der Waals surface area contributed by atoms with Crippen LogP contribution in [0.15, 0.2) is 22.8 Å². The average molecular weight is 591 g/mol. The lowest BCUT2D eigenvalue weighted by molar-refractivity contribution is 0.188. The molecule has 42 heavy (non-hydrogen) atoms. The van der Waals surface area contributed by atoms with Crippen molar-refractivity contribution in [3.8, 4) is 0 Å². The summed E-state index contributed by atoms with van der Waals surface area (Å²) in [5, 5.41) is 20.8. The van der Waals surface area contributed by atoms with Crippen molar-refractivity contribution in [2.75, 3.05) is 6.61 Å². The maximum Gasteiger partial charge on any atom is 0.0747 e. The average Bonchev–Trinajstić information content (AvgIpc) is 2.91. The normalized spacial score (nSPS) is 17.0. The van der Waals surface area contributed by atoms with E-state index >= 15 is 0 Å². The third-order valence-electron chi connectivity index (χ3n) is 9.92. The minimum absolute atomic E-state index is 0.128.